The SMILES string of the molecule is CCS(=O)(=O)CCC1(C(=O)OC)c2ccccc2CN1C(=O)OC(C)(C)C. The molecule has 0 fully saturated rings. The number of esters is 1. The fourth-order valence-corrected chi connectivity index (χ4v) is 4.15. The molecule has 0 aliphatic carbocycles. The number of sulfone groups is 1. The van der Waals surface area contributed by atoms with E-state index in [0.717, 1.165) is 5.56 Å². The zero-order valence-electron chi connectivity index (χ0n) is 16.4. The predicted octanol–water partition coefficient (Wildman–Crippen LogP) is 2.63. The van der Waals surface area contributed by atoms with Crippen molar-refractivity contribution in [3.05, 3.63) is 35.4 Å². The average molecular weight is 397 g/mol. The number of methoxy groups -OCH3 is 1. The molecule has 0 saturated heterocycles. The van der Waals surface area contributed by atoms with Crippen LogP contribution in [0.4, 0.5) is 4.79 Å². The number of carbonyl (C=O) groups excluding carboxylic acids is 2. The minimum atomic E-state index is -3.36. The zero-order valence-corrected chi connectivity index (χ0v) is 17.3. The van der Waals surface area contributed by atoms with Crippen LogP contribution >= 0.6 is 0 Å². The Morgan fingerprint density at radius 3 is 2.41 bits per heavy atom. The van der Waals surface area contributed by atoms with Crippen molar-refractivity contribution in [1.82, 2.24) is 4.90 Å². The Bertz CT molecular complexity index is 827. The highest BCUT2D eigenvalue weighted by Gasteiger charge is 2.55. The van der Waals surface area contributed by atoms with E-state index in [-0.39, 0.29) is 24.5 Å². The lowest BCUT2D eigenvalue weighted by molar-refractivity contribution is -0.155. The standard InChI is InChI=1S/C19H27NO6S/c1-6-27(23,24)12-11-19(16(21)25-5)15-10-8-7-9-14(15)13-20(19)17(22)26-18(2,3)4/h7-10H,6,11-13H2,1-5H3. The van der Waals surface area contributed by atoms with Gasteiger partial charge >= 0.3 is 12.1 Å². The largest absolute Gasteiger partial charge is 0.467 e. The van der Waals surface area contributed by atoms with E-state index in [1.165, 1.54) is 12.0 Å². The van der Waals surface area contributed by atoms with E-state index in [9.17, 15) is 18.0 Å². The van der Waals surface area contributed by atoms with Crippen molar-refractivity contribution in [2.45, 2.75) is 51.8 Å². The maximum atomic E-state index is 12.9. The summed E-state index contributed by atoms with van der Waals surface area (Å²) in [6, 6.07) is 7.10. The van der Waals surface area contributed by atoms with Crippen molar-refractivity contribution in [1.29, 1.82) is 0 Å². The molecule has 0 saturated carbocycles. The van der Waals surface area contributed by atoms with E-state index in [0.29, 0.717) is 5.56 Å². The molecule has 1 unspecified atom stereocenters. The first-order valence-corrected chi connectivity index (χ1v) is 10.7. The van der Waals surface area contributed by atoms with Gasteiger partial charge in [0.2, 0.25) is 0 Å². The molecule has 1 aliphatic heterocycles. The molecule has 0 N–H and O–H groups in total. The minimum Gasteiger partial charge on any atom is -0.467 e. The predicted molar refractivity (Wildman–Crippen MR) is 101 cm³/mol. The first-order chi connectivity index (χ1) is 12.5. The van der Waals surface area contributed by atoms with Crippen LogP contribution in [0.5, 0.6) is 0 Å². The van der Waals surface area contributed by atoms with Gasteiger partial charge in [-0.1, -0.05) is 31.2 Å². The Hall–Kier alpha value is -2.09. The highest BCUT2D eigenvalue weighted by Crippen LogP contribution is 2.44. The molecule has 2 rings (SSSR count). The van der Waals surface area contributed by atoms with Crippen molar-refractivity contribution >= 4 is 21.9 Å². The Balaban J connectivity index is 2.57. The molecule has 1 aliphatic rings. The smallest absolute Gasteiger partial charge is 0.411 e. The summed E-state index contributed by atoms with van der Waals surface area (Å²) >= 11 is 0. The van der Waals surface area contributed by atoms with Crippen LogP contribution in [-0.2, 0) is 36.2 Å². The second-order valence-corrected chi connectivity index (χ2v) is 10.0. The van der Waals surface area contributed by atoms with Gasteiger partial charge in [0, 0.05) is 5.75 Å². The Morgan fingerprint density at radius 1 is 1.22 bits per heavy atom. The summed E-state index contributed by atoms with van der Waals surface area (Å²) in [6.45, 7) is 6.89. The van der Waals surface area contributed by atoms with Crippen LogP contribution in [0.3, 0.4) is 0 Å². The fourth-order valence-electron chi connectivity index (χ4n) is 3.26. The molecule has 1 amide bonds. The molecule has 7 nitrogen and oxygen atoms in total. The minimum absolute atomic E-state index is 0.0433. The van der Waals surface area contributed by atoms with Crippen LogP contribution in [0.2, 0.25) is 0 Å². The highest BCUT2D eigenvalue weighted by molar-refractivity contribution is 7.91. The fraction of sp³-hybridized carbons (Fsp3) is 0.579. The van der Waals surface area contributed by atoms with E-state index < -0.39 is 33.0 Å². The lowest BCUT2D eigenvalue weighted by Gasteiger charge is -2.37. The number of hydrogen-bond donors (Lipinski definition) is 0. The molecule has 1 atom stereocenters. The molecule has 0 bridgehead atoms. The summed E-state index contributed by atoms with van der Waals surface area (Å²) in [7, 11) is -2.13. The Labute approximate surface area is 160 Å². The number of fused-ring (bicyclic) bond motifs is 1. The molecular weight excluding hydrogens is 370 g/mol. The van der Waals surface area contributed by atoms with E-state index in [2.05, 4.69) is 0 Å². The normalized spacial score (nSPS) is 19.5. The topological polar surface area (TPSA) is 90.0 Å². The molecular formula is C19H27NO6S. The summed E-state index contributed by atoms with van der Waals surface area (Å²) < 4.78 is 34.8. The van der Waals surface area contributed by atoms with Crippen LogP contribution in [0.25, 0.3) is 0 Å². The van der Waals surface area contributed by atoms with E-state index >= 15 is 0 Å². The third-order valence-corrected chi connectivity index (χ3v) is 6.31. The zero-order chi connectivity index (χ0) is 20.5. The van der Waals surface area contributed by atoms with Gasteiger partial charge in [-0.15, -0.1) is 0 Å². The lowest BCUT2D eigenvalue weighted by Crippen LogP contribution is -2.53. The monoisotopic (exact) mass is 397 g/mol. The molecule has 1 heterocycles. The molecule has 1 aromatic carbocycles. The van der Waals surface area contributed by atoms with Gasteiger partial charge in [0.15, 0.2) is 5.54 Å². The number of benzene rings is 1. The number of nitrogens with zero attached hydrogens (tertiary/aromatic N) is 1. The first kappa shape index (κ1) is 21.2. The average Bonchev–Trinajstić information content (AvgIpc) is 2.94. The molecule has 0 spiro atoms. The Kier molecular flexibility index (Phi) is 5.89. The second kappa shape index (κ2) is 7.50. The van der Waals surface area contributed by atoms with Gasteiger partial charge in [0.05, 0.1) is 19.4 Å². The maximum absolute atomic E-state index is 12.9. The van der Waals surface area contributed by atoms with Crippen molar-refractivity contribution in [3.8, 4) is 0 Å². The van der Waals surface area contributed by atoms with E-state index in [4.69, 9.17) is 9.47 Å². The van der Waals surface area contributed by atoms with Crippen molar-refractivity contribution in [3.63, 3.8) is 0 Å². The molecule has 0 radical (unpaired) electrons. The first-order valence-electron chi connectivity index (χ1n) is 8.84. The van der Waals surface area contributed by atoms with Gasteiger partial charge in [0.1, 0.15) is 15.4 Å². The number of hydrogen-bond acceptors (Lipinski definition) is 6. The molecule has 8 heteroatoms. The summed E-state index contributed by atoms with van der Waals surface area (Å²) in [6.07, 6.45) is -0.774. The van der Waals surface area contributed by atoms with Crippen molar-refractivity contribution in [2.75, 3.05) is 18.6 Å². The van der Waals surface area contributed by atoms with Crippen molar-refractivity contribution < 1.29 is 27.5 Å². The van der Waals surface area contributed by atoms with Crippen LogP contribution in [0.15, 0.2) is 24.3 Å². The summed E-state index contributed by atoms with van der Waals surface area (Å²) in [4.78, 5) is 27.1. The second-order valence-electron chi connectivity index (χ2n) is 7.56. The van der Waals surface area contributed by atoms with E-state index in [1.807, 2.05) is 12.1 Å². The van der Waals surface area contributed by atoms with Gasteiger partial charge in [0.25, 0.3) is 0 Å². The van der Waals surface area contributed by atoms with Crippen LogP contribution in [-0.4, -0.2) is 49.6 Å². The van der Waals surface area contributed by atoms with Gasteiger partial charge in [-0.3, -0.25) is 4.90 Å². The number of amides is 1. The quantitative estimate of drug-likeness (QED) is 0.710. The van der Waals surface area contributed by atoms with Gasteiger partial charge in [-0.25, -0.2) is 18.0 Å². The number of carbonyl (C=O) groups is 2. The molecule has 150 valence electrons. The molecule has 27 heavy (non-hydrogen) atoms. The molecule has 0 aromatic heterocycles. The van der Waals surface area contributed by atoms with E-state index in [1.54, 1.807) is 39.8 Å². The summed E-state index contributed by atoms with van der Waals surface area (Å²) in [5.41, 5.74) is -0.948. The van der Waals surface area contributed by atoms with Crippen LogP contribution < -0.4 is 0 Å². The molecule has 1 aromatic rings. The van der Waals surface area contributed by atoms with Gasteiger partial charge < -0.3 is 9.47 Å². The third-order valence-electron chi connectivity index (χ3n) is 4.60. The third kappa shape index (κ3) is 4.26. The Morgan fingerprint density at radius 2 is 1.85 bits per heavy atom. The van der Waals surface area contributed by atoms with Gasteiger partial charge in [-0.2, -0.15) is 0 Å². The number of ether oxygens (including phenoxy) is 2. The summed E-state index contributed by atoms with van der Waals surface area (Å²) in [5.74, 6) is -0.963. The number of rotatable bonds is 5. The summed E-state index contributed by atoms with van der Waals surface area (Å²) in [5, 5.41) is 0. The highest BCUT2D eigenvalue weighted by atomic mass is 32.2. The van der Waals surface area contributed by atoms with Gasteiger partial charge in [-0.05, 0) is 38.3 Å². The van der Waals surface area contributed by atoms with Crippen molar-refractivity contribution in [2.24, 2.45) is 0 Å². The van der Waals surface area contributed by atoms with Crippen LogP contribution in [0, 0.1) is 0 Å². The van der Waals surface area contributed by atoms with Crippen LogP contribution in [0.1, 0.15) is 45.2 Å². The maximum Gasteiger partial charge on any atom is 0.411 e. The lowest BCUT2D eigenvalue weighted by atomic mass is 9.87.